The van der Waals surface area contributed by atoms with Crippen molar-refractivity contribution in [1.82, 2.24) is 9.13 Å². The third kappa shape index (κ3) is 1.53. The minimum Gasteiger partial charge on any atom is -0.496 e. The van der Waals surface area contributed by atoms with Crippen LogP contribution in [0, 0.1) is 0 Å². The molecule has 1 aromatic carbocycles. The fraction of sp³-hybridized carbons (Fsp3) is 0.273. The summed E-state index contributed by atoms with van der Waals surface area (Å²) < 4.78 is 7.49. The van der Waals surface area contributed by atoms with Gasteiger partial charge in [-0.15, -0.1) is 0 Å². The molecule has 2 N–H and O–H groups in total. The third-order valence-electron chi connectivity index (χ3n) is 2.74. The summed E-state index contributed by atoms with van der Waals surface area (Å²) in [6.07, 6.45) is 0. The van der Waals surface area contributed by atoms with Gasteiger partial charge in [-0.1, -0.05) is 6.07 Å². The van der Waals surface area contributed by atoms with E-state index >= 15 is 0 Å². The van der Waals surface area contributed by atoms with Gasteiger partial charge in [-0.05, 0) is 12.1 Å². The first-order chi connectivity index (χ1) is 8.11. The van der Waals surface area contributed by atoms with Crippen molar-refractivity contribution < 1.29 is 4.74 Å². The molecule has 17 heavy (non-hydrogen) atoms. The lowest BCUT2D eigenvalue weighted by Crippen LogP contribution is -2.41. The topological polar surface area (TPSA) is 79.2 Å². The van der Waals surface area contributed by atoms with E-state index in [0.29, 0.717) is 16.7 Å². The molecule has 6 nitrogen and oxygen atoms in total. The fourth-order valence-electron chi connectivity index (χ4n) is 1.85. The van der Waals surface area contributed by atoms with E-state index in [4.69, 9.17) is 10.5 Å². The van der Waals surface area contributed by atoms with Gasteiger partial charge in [0.2, 0.25) is 0 Å². The molecular formula is C11H13N3O3. The van der Waals surface area contributed by atoms with Gasteiger partial charge in [-0.3, -0.25) is 9.36 Å². The Kier molecular flexibility index (Phi) is 2.72. The van der Waals surface area contributed by atoms with Crippen LogP contribution >= 0.6 is 0 Å². The van der Waals surface area contributed by atoms with Crippen molar-refractivity contribution in [3.8, 4) is 5.75 Å². The molecule has 0 saturated carbocycles. The zero-order valence-corrected chi connectivity index (χ0v) is 9.64. The van der Waals surface area contributed by atoms with E-state index in [1.807, 2.05) is 0 Å². The standard InChI is InChI=1S/C11H13N3O3/c1-13-7-4-3-5-8(17-2)9(7)10(15)14(6-12)11(13)16/h3-5H,6,12H2,1-2H3. The van der Waals surface area contributed by atoms with Crippen molar-refractivity contribution in [1.29, 1.82) is 0 Å². The monoisotopic (exact) mass is 235 g/mol. The highest BCUT2D eigenvalue weighted by atomic mass is 16.5. The second-order valence-corrected chi connectivity index (χ2v) is 3.61. The predicted molar refractivity (Wildman–Crippen MR) is 64.2 cm³/mol. The lowest BCUT2D eigenvalue weighted by Gasteiger charge is -2.11. The van der Waals surface area contributed by atoms with Crippen LogP contribution in [0.25, 0.3) is 10.9 Å². The maximum absolute atomic E-state index is 12.1. The van der Waals surface area contributed by atoms with Gasteiger partial charge >= 0.3 is 5.69 Å². The van der Waals surface area contributed by atoms with Gasteiger partial charge in [-0.2, -0.15) is 0 Å². The summed E-state index contributed by atoms with van der Waals surface area (Å²) in [4.78, 5) is 23.9. The first-order valence-corrected chi connectivity index (χ1v) is 5.08. The van der Waals surface area contributed by atoms with Crippen molar-refractivity contribution in [2.45, 2.75) is 6.67 Å². The maximum Gasteiger partial charge on any atom is 0.332 e. The number of fused-ring (bicyclic) bond motifs is 1. The highest BCUT2D eigenvalue weighted by molar-refractivity contribution is 5.84. The van der Waals surface area contributed by atoms with Gasteiger partial charge in [0.05, 0.1) is 19.3 Å². The van der Waals surface area contributed by atoms with Gasteiger partial charge in [0.1, 0.15) is 11.1 Å². The molecule has 0 bridgehead atoms. The van der Waals surface area contributed by atoms with Crippen LogP contribution in [0.1, 0.15) is 0 Å². The van der Waals surface area contributed by atoms with E-state index in [1.165, 1.54) is 11.7 Å². The summed E-state index contributed by atoms with van der Waals surface area (Å²) in [6, 6.07) is 5.10. The number of hydrogen-bond donors (Lipinski definition) is 1. The Morgan fingerprint density at radius 2 is 2.06 bits per heavy atom. The summed E-state index contributed by atoms with van der Waals surface area (Å²) in [5.41, 5.74) is 5.08. The zero-order valence-electron chi connectivity index (χ0n) is 9.64. The second-order valence-electron chi connectivity index (χ2n) is 3.61. The van der Waals surface area contributed by atoms with E-state index in [0.717, 1.165) is 4.57 Å². The lowest BCUT2D eigenvalue weighted by atomic mass is 10.2. The zero-order chi connectivity index (χ0) is 12.6. The highest BCUT2D eigenvalue weighted by Crippen LogP contribution is 2.20. The molecule has 2 rings (SSSR count). The van der Waals surface area contributed by atoms with Gasteiger partial charge in [0.25, 0.3) is 5.56 Å². The summed E-state index contributed by atoms with van der Waals surface area (Å²) in [6.45, 7) is -0.153. The fourth-order valence-corrected chi connectivity index (χ4v) is 1.85. The quantitative estimate of drug-likeness (QED) is 0.770. The third-order valence-corrected chi connectivity index (χ3v) is 2.74. The number of hydrogen-bond acceptors (Lipinski definition) is 4. The molecule has 0 radical (unpaired) electrons. The van der Waals surface area contributed by atoms with Gasteiger partial charge in [0, 0.05) is 7.05 Å². The molecule has 0 fully saturated rings. The van der Waals surface area contributed by atoms with Crippen molar-refractivity contribution in [3.05, 3.63) is 39.0 Å². The van der Waals surface area contributed by atoms with Crippen LogP contribution in [0.15, 0.2) is 27.8 Å². The molecule has 0 unspecified atom stereocenters. The molecule has 2 aromatic rings. The number of aryl methyl sites for hydroxylation is 1. The van der Waals surface area contributed by atoms with Gasteiger partial charge in [0.15, 0.2) is 0 Å². The van der Waals surface area contributed by atoms with Crippen LogP contribution in [0.3, 0.4) is 0 Å². The Morgan fingerprint density at radius 1 is 1.35 bits per heavy atom. The molecule has 1 aromatic heterocycles. The predicted octanol–water partition coefficient (Wildman–Crippen LogP) is -0.375. The molecule has 0 aliphatic carbocycles. The van der Waals surface area contributed by atoms with Crippen molar-refractivity contribution in [2.75, 3.05) is 7.11 Å². The van der Waals surface area contributed by atoms with Crippen molar-refractivity contribution in [3.63, 3.8) is 0 Å². The molecule has 90 valence electrons. The Bertz CT molecular complexity index is 685. The molecule has 0 atom stereocenters. The van der Waals surface area contributed by atoms with E-state index in [9.17, 15) is 9.59 Å². The maximum atomic E-state index is 12.1. The molecule has 1 heterocycles. The van der Waals surface area contributed by atoms with Crippen molar-refractivity contribution >= 4 is 10.9 Å². The molecule has 0 aliphatic heterocycles. The Hall–Kier alpha value is -2.08. The average molecular weight is 235 g/mol. The first kappa shape index (κ1) is 11.4. The van der Waals surface area contributed by atoms with E-state index in [-0.39, 0.29) is 6.67 Å². The summed E-state index contributed by atoms with van der Waals surface area (Å²) in [7, 11) is 3.07. The average Bonchev–Trinajstić information content (AvgIpc) is 2.36. The van der Waals surface area contributed by atoms with Crippen molar-refractivity contribution in [2.24, 2.45) is 12.8 Å². The number of benzene rings is 1. The summed E-state index contributed by atoms with van der Waals surface area (Å²) in [5, 5.41) is 0.363. The van der Waals surface area contributed by atoms with E-state index in [1.54, 1.807) is 25.2 Å². The van der Waals surface area contributed by atoms with E-state index in [2.05, 4.69) is 0 Å². The molecule has 0 saturated heterocycles. The Morgan fingerprint density at radius 3 is 2.65 bits per heavy atom. The smallest absolute Gasteiger partial charge is 0.332 e. The van der Waals surface area contributed by atoms with Crippen LogP contribution < -0.4 is 21.7 Å². The number of methoxy groups -OCH3 is 1. The van der Waals surface area contributed by atoms with Crippen LogP contribution in [-0.4, -0.2) is 16.2 Å². The molecular weight excluding hydrogens is 222 g/mol. The number of rotatable bonds is 2. The Balaban J connectivity index is 3.10. The minimum atomic E-state index is -0.432. The summed E-state index contributed by atoms with van der Waals surface area (Å²) in [5.74, 6) is 0.435. The minimum absolute atomic E-state index is 0.153. The molecule has 0 aliphatic rings. The molecule has 0 spiro atoms. The van der Waals surface area contributed by atoms with E-state index < -0.39 is 11.2 Å². The number of nitrogens with zero attached hydrogens (tertiary/aromatic N) is 2. The summed E-state index contributed by atoms with van der Waals surface area (Å²) >= 11 is 0. The van der Waals surface area contributed by atoms with Crippen LogP contribution in [0.2, 0.25) is 0 Å². The highest BCUT2D eigenvalue weighted by Gasteiger charge is 2.13. The normalized spacial score (nSPS) is 10.8. The lowest BCUT2D eigenvalue weighted by molar-refractivity contribution is 0.418. The second kappa shape index (κ2) is 4.06. The number of aromatic nitrogens is 2. The van der Waals surface area contributed by atoms with Crippen LogP contribution in [-0.2, 0) is 13.7 Å². The van der Waals surface area contributed by atoms with Gasteiger partial charge < -0.3 is 10.5 Å². The SMILES string of the molecule is COc1cccc2c1c(=O)n(CN)c(=O)n2C. The number of nitrogens with two attached hydrogens (primary N) is 1. The molecule has 6 heteroatoms. The van der Waals surface area contributed by atoms with Crippen LogP contribution in [0.5, 0.6) is 5.75 Å². The largest absolute Gasteiger partial charge is 0.496 e. The number of ether oxygens (including phenoxy) is 1. The molecule has 0 amide bonds. The van der Waals surface area contributed by atoms with Crippen LogP contribution in [0.4, 0.5) is 0 Å². The van der Waals surface area contributed by atoms with Gasteiger partial charge in [-0.25, -0.2) is 9.36 Å². The first-order valence-electron chi connectivity index (χ1n) is 5.08. The Labute approximate surface area is 96.8 Å².